The zero-order valence-electron chi connectivity index (χ0n) is 11.0. The maximum Gasteiger partial charge on any atom is 0.151 e. The maximum absolute atomic E-state index is 4.57. The maximum atomic E-state index is 4.57. The van der Waals surface area contributed by atoms with Gasteiger partial charge in [0.1, 0.15) is 5.82 Å². The van der Waals surface area contributed by atoms with Gasteiger partial charge in [-0.2, -0.15) is 5.10 Å². The standard InChI is InChI=1S/C14H17N5/c1-12-4-2-5-13(16-12)18-8-10-19(11-9-18)14-6-3-7-15-17-14/h2-7H,8-11H2,1H3. The van der Waals surface area contributed by atoms with Crippen LogP contribution in [0.5, 0.6) is 0 Å². The molecule has 0 amide bonds. The molecule has 0 N–H and O–H groups in total. The fourth-order valence-corrected chi connectivity index (χ4v) is 2.33. The van der Waals surface area contributed by atoms with Crippen molar-refractivity contribution in [2.45, 2.75) is 6.92 Å². The van der Waals surface area contributed by atoms with Gasteiger partial charge in [-0.1, -0.05) is 6.07 Å². The SMILES string of the molecule is Cc1cccc(N2CCN(c3cccnn3)CC2)n1. The average molecular weight is 255 g/mol. The van der Waals surface area contributed by atoms with Crippen LogP contribution >= 0.6 is 0 Å². The van der Waals surface area contributed by atoms with Crippen molar-refractivity contribution >= 4 is 11.6 Å². The number of aromatic nitrogens is 3. The fourth-order valence-electron chi connectivity index (χ4n) is 2.33. The number of hydrogen-bond donors (Lipinski definition) is 0. The van der Waals surface area contributed by atoms with Gasteiger partial charge in [-0.25, -0.2) is 4.98 Å². The third kappa shape index (κ3) is 2.65. The summed E-state index contributed by atoms with van der Waals surface area (Å²) in [7, 11) is 0. The molecule has 19 heavy (non-hydrogen) atoms. The van der Waals surface area contributed by atoms with E-state index in [0.717, 1.165) is 43.5 Å². The molecule has 0 radical (unpaired) electrons. The molecule has 5 heteroatoms. The molecule has 1 saturated heterocycles. The molecular formula is C14H17N5. The summed E-state index contributed by atoms with van der Waals surface area (Å²) in [5, 5.41) is 8.09. The summed E-state index contributed by atoms with van der Waals surface area (Å²) in [6.07, 6.45) is 1.70. The summed E-state index contributed by atoms with van der Waals surface area (Å²) >= 11 is 0. The molecular weight excluding hydrogens is 238 g/mol. The van der Waals surface area contributed by atoms with Crippen LogP contribution in [0.25, 0.3) is 0 Å². The van der Waals surface area contributed by atoms with Crippen molar-refractivity contribution in [2.75, 3.05) is 36.0 Å². The molecule has 0 unspecified atom stereocenters. The first-order valence-electron chi connectivity index (χ1n) is 6.54. The van der Waals surface area contributed by atoms with E-state index in [0.29, 0.717) is 0 Å². The first-order valence-corrected chi connectivity index (χ1v) is 6.54. The lowest BCUT2D eigenvalue weighted by atomic mass is 10.3. The first kappa shape index (κ1) is 11.9. The Morgan fingerprint density at radius 1 is 0.895 bits per heavy atom. The van der Waals surface area contributed by atoms with Crippen LogP contribution < -0.4 is 9.80 Å². The zero-order valence-corrected chi connectivity index (χ0v) is 11.0. The molecule has 5 nitrogen and oxygen atoms in total. The second-order valence-corrected chi connectivity index (χ2v) is 4.69. The molecule has 0 atom stereocenters. The zero-order chi connectivity index (χ0) is 13.1. The van der Waals surface area contributed by atoms with Crippen molar-refractivity contribution in [3.8, 4) is 0 Å². The monoisotopic (exact) mass is 255 g/mol. The van der Waals surface area contributed by atoms with Gasteiger partial charge in [0.2, 0.25) is 0 Å². The van der Waals surface area contributed by atoms with Crippen LogP contribution in [0.15, 0.2) is 36.5 Å². The quantitative estimate of drug-likeness (QED) is 0.814. The van der Waals surface area contributed by atoms with E-state index < -0.39 is 0 Å². The predicted molar refractivity (Wildman–Crippen MR) is 75.4 cm³/mol. The Hall–Kier alpha value is -2.17. The molecule has 3 rings (SSSR count). The summed E-state index contributed by atoms with van der Waals surface area (Å²) in [5.41, 5.74) is 1.06. The van der Waals surface area contributed by atoms with Gasteiger partial charge in [-0.05, 0) is 31.2 Å². The minimum atomic E-state index is 0.953. The van der Waals surface area contributed by atoms with Crippen molar-refractivity contribution in [1.82, 2.24) is 15.2 Å². The van der Waals surface area contributed by atoms with E-state index in [2.05, 4.69) is 37.1 Å². The highest BCUT2D eigenvalue weighted by Crippen LogP contribution is 2.16. The van der Waals surface area contributed by atoms with Crippen LogP contribution in [-0.4, -0.2) is 41.4 Å². The van der Waals surface area contributed by atoms with E-state index in [4.69, 9.17) is 0 Å². The fraction of sp³-hybridized carbons (Fsp3) is 0.357. The Morgan fingerprint density at radius 2 is 1.58 bits per heavy atom. The van der Waals surface area contributed by atoms with Crippen LogP contribution in [0.2, 0.25) is 0 Å². The largest absolute Gasteiger partial charge is 0.353 e. The third-order valence-electron chi connectivity index (χ3n) is 3.36. The van der Waals surface area contributed by atoms with Gasteiger partial charge in [-0.15, -0.1) is 5.10 Å². The predicted octanol–water partition coefficient (Wildman–Crippen LogP) is 1.51. The molecule has 1 aliphatic heterocycles. The molecule has 2 aromatic rings. The molecule has 0 bridgehead atoms. The van der Waals surface area contributed by atoms with Crippen LogP contribution in [-0.2, 0) is 0 Å². The smallest absolute Gasteiger partial charge is 0.151 e. The van der Waals surface area contributed by atoms with Crippen molar-refractivity contribution in [1.29, 1.82) is 0 Å². The summed E-state index contributed by atoms with van der Waals surface area (Å²) in [4.78, 5) is 9.16. The Labute approximate surface area is 112 Å². The molecule has 0 aromatic carbocycles. The number of nitrogens with zero attached hydrogens (tertiary/aromatic N) is 5. The summed E-state index contributed by atoms with van der Waals surface area (Å²) in [6.45, 7) is 5.86. The topological polar surface area (TPSA) is 45.2 Å². The third-order valence-corrected chi connectivity index (χ3v) is 3.36. The van der Waals surface area contributed by atoms with Crippen LogP contribution in [0.1, 0.15) is 5.69 Å². The van der Waals surface area contributed by atoms with E-state index in [1.165, 1.54) is 0 Å². The molecule has 1 aliphatic rings. The van der Waals surface area contributed by atoms with Crippen molar-refractivity contribution in [3.63, 3.8) is 0 Å². The van der Waals surface area contributed by atoms with Gasteiger partial charge in [0, 0.05) is 38.1 Å². The number of hydrogen-bond acceptors (Lipinski definition) is 5. The van der Waals surface area contributed by atoms with Crippen LogP contribution in [0.3, 0.4) is 0 Å². The summed E-state index contributed by atoms with van der Waals surface area (Å²) in [6, 6.07) is 10.1. The lowest BCUT2D eigenvalue weighted by molar-refractivity contribution is 0.637. The van der Waals surface area contributed by atoms with E-state index in [-0.39, 0.29) is 0 Å². The lowest BCUT2D eigenvalue weighted by Crippen LogP contribution is -2.47. The van der Waals surface area contributed by atoms with Gasteiger partial charge in [0.25, 0.3) is 0 Å². The van der Waals surface area contributed by atoms with Gasteiger partial charge >= 0.3 is 0 Å². The van der Waals surface area contributed by atoms with Crippen molar-refractivity contribution in [2.24, 2.45) is 0 Å². The number of aryl methyl sites for hydroxylation is 1. The summed E-state index contributed by atoms with van der Waals surface area (Å²) in [5.74, 6) is 2.03. The van der Waals surface area contributed by atoms with Crippen LogP contribution in [0.4, 0.5) is 11.6 Å². The Bertz CT molecular complexity index is 535. The lowest BCUT2D eigenvalue weighted by Gasteiger charge is -2.35. The number of pyridine rings is 1. The van der Waals surface area contributed by atoms with Crippen molar-refractivity contribution in [3.05, 3.63) is 42.2 Å². The minimum Gasteiger partial charge on any atom is -0.353 e. The Kier molecular flexibility index (Phi) is 3.27. The number of rotatable bonds is 2. The molecule has 0 saturated carbocycles. The van der Waals surface area contributed by atoms with Gasteiger partial charge < -0.3 is 9.80 Å². The highest BCUT2D eigenvalue weighted by atomic mass is 15.3. The van der Waals surface area contributed by atoms with Gasteiger partial charge in [0.15, 0.2) is 5.82 Å². The highest BCUT2D eigenvalue weighted by molar-refractivity contribution is 5.44. The molecule has 2 aromatic heterocycles. The highest BCUT2D eigenvalue weighted by Gasteiger charge is 2.18. The molecule has 3 heterocycles. The average Bonchev–Trinajstić information content (AvgIpc) is 2.48. The van der Waals surface area contributed by atoms with E-state index in [9.17, 15) is 0 Å². The molecule has 98 valence electrons. The number of anilines is 2. The minimum absolute atomic E-state index is 0.953. The summed E-state index contributed by atoms with van der Waals surface area (Å²) < 4.78 is 0. The van der Waals surface area contributed by atoms with Crippen molar-refractivity contribution < 1.29 is 0 Å². The first-order chi connectivity index (χ1) is 9.33. The Morgan fingerprint density at radius 3 is 2.21 bits per heavy atom. The second-order valence-electron chi connectivity index (χ2n) is 4.69. The van der Waals surface area contributed by atoms with E-state index >= 15 is 0 Å². The van der Waals surface area contributed by atoms with Gasteiger partial charge in [0.05, 0.1) is 0 Å². The normalized spacial score (nSPS) is 15.6. The molecule has 0 spiro atoms. The van der Waals surface area contributed by atoms with Gasteiger partial charge in [-0.3, -0.25) is 0 Å². The Balaban J connectivity index is 1.67. The second kappa shape index (κ2) is 5.22. The molecule has 1 fully saturated rings. The van der Waals surface area contributed by atoms with E-state index in [1.807, 2.05) is 25.1 Å². The number of piperazine rings is 1. The molecule has 0 aliphatic carbocycles. The van der Waals surface area contributed by atoms with E-state index in [1.54, 1.807) is 6.20 Å². The van der Waals surface area contributed by atoms with Crippen LogP contribution in [0, 0.1) is 6.92 Å².